The predicted molar refractivity (Wildman–Crippen MR) is 120 cm³/mol. The number of aromatic nitrogens is 6. The topological polar surface area (TPSA) is 151 Å². The van der Waals surface area contributed by atoms with Crippen molar-refractivity contribution in [3.05, 3.63) is 63.1 Å². The van der Waals surface area contributed by atoms with Crippen molar-refractivity contribution in [1.82, 2.24) is 29.7 Å². The van der Waals surface area contributed by atoms with Gasteiger partial charge in [0, 0.05) is 17.7 Å². The number of halogens is 1. The third-order valence-corrected chi connectivity index (χ3v) is 5.75. The highest BCUT2D eigenvalue weighted by Gasteiger charge is 2.27. The summed E-state index contributed by atoms with van der Waals surface area (Å²) in [6, 6.07) is 8.45. The van der Waals surface area contributed by atoms with Crippen molar-refractivity contribution in [1.29, 1.82) is 5.26 Å². The monoisotopic (exact) mass is 447 g/mol. The van der Waals surface area contributed by atoms with E-state index in [-0.39, 0.29) is 22.8 Å². The Morgan fingerprint density at radius 3 is 2.94 bits per heavy atom. The Bertz CT molecular complexity index is 1450. The van der Waals surface area contributed by atoms with Crippen LogP contribution in [0.3, 0.4) is 0 Å². The van der Waals surface area contributed by atoms with Gasteiger partial charge in [-0.1, -0.05) is 17.7 Å². The van der Waals surface area contributed by atoms with E-state index in [9.17, 15) is 10.1 Å². The number of nitrogens with two attached hydrogens (primary N) is 1. The van der Waals surface area contributed by atoms with Gasteiger partial charge in [0.05, 0.1) is 22.0 Å². The second-order valence-corrected chi connectivity index (χ2v) is 8.07. The van der Waals surface area contributed by atoms with Crippen LogP contribution in [0.1, 0.15) is 48.8 Å². The van der Waals surface area contributed by atoms with Crippen LogP contribution in [0.25, 0.3) is 16.7 Å². The number of nitrogen functional groups attached to an aromatic ring is 1. The second-order valence-electron chi connectivity index (χ2n) is 7.66. The van der Waals surface area contributed by atoms with Crippen LogP contribution in [0, 0.1) is 11.3 Å². The van der Waals surface area contributed by atoms with E-state index in [1.165, 1.54) is 10.9 Å². The molecule has 0 radical (unpaired) electrons. The lowest BCUT2D eigenvalue weighted by atomic mass is 10.2. The molecule has 32 heavy (non-hydrogen) atoms. The first kappa shape index (κ1) is 20.0. The zero-order chi connectivity index (χ0) is 22.4. The number of benzene rings is 1. The molecule has 1 saturated carbocycles. The van der Waals surface area contributed by atoms with Gasteiger partial charge in [-0.05, 0) is 31.9 Å². The molecule has 4 N–H and O–H groups in total. The van der Waals surface area contributed by atoms with Gasteiger partial charge in [0.25, 0.3) is 5.56 Å². The zero-order valence-electron chi connectivity index (χ0n) is 17.0. The molecule has 11 heteroatoms. The molecular weight excluding hydrogens is 430 g/mol. The van der Waals surface area contributed by atoms with Crippen LogP contribution >= 0.6 is 11.6 Å². The van der Waals surface area contributed by atoms with Crippen molar-refractivity contribution >= 4 is 34.1 Å². The zero-order valence-corrected chi connectivity index (χ0v) is 17.8. The van der Waals surface area contributed by atoms with Crippen LogP contribution < -0.4 is 16.6 Å². The quantitative estimate of drug-likeness (QED) is 0.422. The van der Waals surface area contributed by atoms with Gasteiger partial charge in [-0.25, -0.2) is 19.5 Å². The minimum absolute atomic E-state index is 0.0641. The number of nitriles is 1. The maximum Gasteiger partial charge on any atom is 0.268 e. The Balaban J connectivity index is 1.68. The van der Waals surface area contributed by atoms with Gasteiger partial charge in [0.2, 0.25) is 0 Å². The first-order valence-corrected chi connectivity index (χ1v) is 10.4. The minimum Gasteiger partial charge on any atom is -0.382 e. The lowest BCUT2D eigenvalue weighted by Gasteiger charge is -2.19. The van der Waals surface area contributed by atoms with Crippen LogP contribution in [0.15, 0.2) is 35.4 Å². The minimum atomic E-state index is -0.534. The van der Waals surface area contributed by atoms with Crippen molar-refractivity contribution in [2.75, 3.05) is 11.1 Å². The number of anilines is 2. The van der Waals surface area contributed by atoms with Crippen LogP contribution in [0.2, 0.25) is 5.02 Å². The Kier molecular flexibility index (Phi) is 4.75. The number of H-pyrrole nitrogens is 1. The second kappa shape index (κ2) is 7.62. The molecule has 160 valence electrons. The fraction of sp³-hybridized carbons (Fsp3) is 0.238. The van der Waals surface area contributed by atoms with Crippen molar-refractivity contribution in [2.24, 2.45) is 0 Å². The summed E-state index contributed by atoms with van der Waals surface area (Å²) in [5.41, 5.74) is 7.03. The molecule has 1 aliphatic carbocycles. The summed E-state index contributed by atoms with van der Waals surface area (Å²) in [7, 11) is 0. The van der Waals surface area contributed by atoms with E-state index < -0.39 is 6.04 Å². The number of nitrogens with zero attached hydrogens (tertiary/aromatic N) is 6. The first-order valence-electron chi connectivity index (χ1n) is 10.0. The number of hydrogen-bond acceptors (Lipinski definition) is 8. The molecule has 0 spiro atoms. The summed E-state index contributed by atoms with van der Waals surface area (Å²) in [4.78, 5) is 26.3. The van der Waals surface area contributed by atoms with Crippen LogP contribution in [0.4, 0.5) is 11.6 Å². The fourth-order valence-electron chi connectivity index (χ4n) is 3.65. The van der Waals surface area contributed by atoms with Gasteiger partial charge in [0.15, 0.2) is 5.82 Å². The average molecular weight is 448 g/mol. The van der Waals surface area contributed by atoms with Crippen molar-refractivity contribution in [3.63, 3.8) is 0 Å². The molecule has 5 rings (SSSR count). The third-order valence-electron chi connectivity index (χ3n) is 5.43. The highest BCUT2D eigenvalue weighted by molar-refractivity contribution is 6.35. The van der Waals surface area contributed by atoms with Crippen LogP contribution in [-0.4, -0.2) is 29.7 Å². The van der Waals surface area contributed by atoms with Gasteiger partial charge in [-0.3, -0.25) is 9.89 Å². The third kappa shape index (κ3) is 3.33. The smallest absolute Gasteiger partial charge is 0.268 e. The number of aromatic amines is 1. The molecule has 4 aromatic rings. The summed E-state index contributed by atoms with van der Waals surface area (Å²) < 4.78 is 1.44. The fourth-order valence-corrected chi connectivity index (χ4v) is 3.90. The Labute approximate surface area is 187 Å². The standard InChI is InChI=1S/C21H18ClN9O/c1-10(27-19-12(8-23)18(24)25-9-26-19)20-28-14-4-2-3-13(22)17(14)21(32)31(20)16-7-15(29-30-16)11-5-6-11/h2-4,7,9-11H,5-6H2,1H3,(H,29,30)(H3,24,25,26,27)/t10-/m0/s1. The Hall–Kier alpha value is -3.97. The van der Waals surface area contributed by atoms with Gasteiger partial charge in [-0.15, -0.1) is 0 Å². The van der Waals surface area contributed by atoms with E-state index in [0.29, 0.717) is 33.5 Å². The highest BCUT2D eigenvalue weighted by atomic mass is 35.5. The van der Waals surface area contributed by atoms with Crippen LogP contribution in [-0.2, 0) is 0 Å². The lowest BCUT2D eigenvalue weighted by Crippen LogP contribution is -2.28. The maximum atomic E-state index is 13.6. The molecule has 10 nitrogen and oxygen atoms in total. The summed E-state index contributed by atoms with van der Waals surface area (Å²) in [6.07, 6.45) is 3.45. The molecule has 0 bridgehead atoms. The SMILES string of the molecule is C[C@H](Nc1ncnc(N)c1C#N)c1nc2cccc(Cl)c2c(=O)n1-c1cc(C2CC2)[nH]n1. The normalized spacial score (nSPS) is 14.3. The van der Waals surface area contributed by atoms with Gasteiger partial charge in [0.1, 0.15) is 35.4 Å². The molecule has 0 saturated heterocycles. The lowest BCUT2D eigenvalue weighted by molar-refractivity contribution is 0.719. The van der Waals surface area contributed by atoms with Crippen LogP contribution in [0.5, 0.6) is 0 Å². The van der Waals surface area contributed by atoms with E-state index in [0.717, 1.165) is 18.5 Å². The Morgan fingerprint density at radius 2 is 2.19 bits per heavy atom. The molecule has 1 aliphatic rings. The van der Waals surface area contributed by atoms with Gasteiger partial charge in [-0.2, -0.15) is 10.4 Å². The number of hydrogen-bond donors (Lipinski definition) is 3. The van der Waals surface area contributed by atoms with Gasteiger partial charge >= 0.3 is 0 Å². The largest absolute Gasteiger partial charge is 0.382 e. The molecule has 1 aromatic carbocycles. The molecule has 0 unspecified atom stereocenters. The summed E-state index contributed by atoms with van der Waals surface area (Å²) >= 11 is 6.34. The predicted octanol–water partition coefficient (Wildman–Crippen LogP) is 3.06. The Morgan fingerprint density at radius 1 is 1.38 bits per heavy atom. The van der Waals surface area contributed by atoms with E-state index in [2.05, 4.69) is 25.5 Å². The van der Waals surface area contributed by atoms with E-state index >= 15 is 0 Å². The van der Waals surface area contributed by atoms with Crippen molar-refractivity contribution in [3.8, 4) is 11.9 Å². The van der Waals surface area contributed by atoms with E-state index in [1.54, 1.807) is 18.2 Å². The molecule has 0 aliphatic heterocycles. The van der Waals surface area contributed by atoms with Crippen molar-refractivity contribution < 1.29 is 0 Å². The van der Waals surface area contributed by atoms with Crippen molar-refractivity contribution in [2.45, 2.75) is 31.7 Å². The molecule has 3 heterocycles. The molecular formula is C21H18ClN9O. The average Bonchev–Trinajstić information content (AvgIpc) is 3.51. The molecule has 1 atom stereocenters. The highest BCUT2D eigenvalue weighted by Crippen LogP contribution is 2.39. The number of fused-ring (bicyclic) bond motifs is 1. The summed E-state index contributed by atoms with van der Waals surface area (Å²) in [5, 5.41) is 20.6. The first-order chi connectivity index (χ1) is 15.5. The molecule has 0 amide bonds. The number of nitrogens with one attached hydrogen (secondary N) is 2. The van der Waals surface area contributed by atoms with E-state index in [4.69, 9.17) is 22.3 Å². The van der Waals surface area contributed by atoms with Gasteiger partial charge < -0.3 is 11.1 Å². The molecule has 1 fully saturated rings. The van der Waals surface area contributed by atoms with E-state index in [1.807, 2.05) is 19.1 Å². The maximum absolute atomic E-state index is 13.6. The molecule has 3 aromatic heterocycles. The number of rotatable bonds is 5. The summed E-state index contributed by atoms with van der Waals surface area (Å²) in [5.74, 6) is 1.57. The summed E-state index contributed by atoms with van der Waals surface area (Å²) in [6.45, 7) is 1.81.